The normalized spacial score (nSPS) is 20.2. The number of carbonyl (C=O) groups is 1. The molecule has 0 aromatic carbocycles. The van der Waals surface area contributed by atoms with Gasteiger partial charge in [-0.2, -0.15) is 0 Å². The van der Waals surface area contributed by atoms with Gasteiger partial charge in [0.15, 0.2) is 0 Å². The molecule has 1 unspecified atom stereocenters. The molecule has 0 aliphatic carbocycles. The fourth-order valence-corrected chi connectivity index (χ4v) is 2.44. The molecule has 2 rings (SSSR count). The number of hydrogen-bond donors (Lipinski definition) is 1. The first kappa shape index (κ1) is 13.8. The molecule has 1 fully saturated rings. The van der Waals surface area contributed by atoms with Gasteiger partial charge in [-0.1, -0.05) is 6.42 Å². The molecule has 0 radical (unpaired) electrons. The molecule has 1 aromatic rings. The van der Waals surface area contributed by atoms with Gasteiger partial charge in [-0.05, 0) is 38.9 Å². The Morgan fingerprint density at radius 3 is 3.11 bits per heavy atom. The molecule has 104 valence electrons. The maximum absolute atomic E-state index is 10.8. The Labute approximate surface area is 113 Å². The summed E-state index contributed by atoms with van der Waals surface area (Å²) < 4.78 is 5.60. The van der Waals surface area contributed by atoms with E-state index in [-0.39, 0.29) is 5.56 Å². The Hall–Kier alpha value is -1.62. The maximum Gasteiger partial charge on any atom is 0.337 e. The Balaban J connectivity index is 1.82. The Kier molecular flexibility index (Phi) is 4.74. The first-order chi connectivity index (χ1) is 9.16. The largest absolute Gasteiger partial charge is 0.492 e. The number of hydrogen-bond acceptors (Lipinski definition) is 4. The van der Waals surface area contributed by atoms with E-state index >= 15 is 0 Å². The van der Waals surface area contributed by atoms with Crippen LogP contribution >= 0.6 is 0 Å². The summed E-state index contributed by atoms with van der Waals surface area (Å²) >= 11 is 0. The molecule has 1 saturated heterocycles. The van der Waals surface area contributed by atoms with E-state index in [4.69, 9.17) is 9.84 Å². The van der Waals surface area contributed by atoms with Gasteiger partial charge in [-0.3, -0.25) is 4.98 Å². The van der Waals surface area contributed by atoms with Gasteiger partial charge in [-0.15, -0.1) is 0 Å². The minimum absolute atomic E-state index is 0.160. The molecule has 1 aliphatic rings. The van der Waals surface area contributed by atoms with E-state index in [2.05, 4.69) is 16.9 Å². The van der Waals surface area contributed by atoms with Crippen LogP contribution in [0.25, 0.3) is 0 Å². The lowest BCUT2D eigenvalue weighted by Crippen LogP contribution is -2.37. The highest BCUT2D eigenvalue weighted by atomic mass is 16.5. The first-order valence-electron chi connectivity index (χ1n) is 6.68. The van der Waals surface area contributed by atoms with Crippen molar-refractivity contribution in [2.24, 2.45) is 0 Å². The lowest BCUT2D eigenvalue weighted by atomic mass is 10.0. The fraction of sp³-hybridized carbons (Fsp3) is 0.571. The van der Waals surface area contributed by atoms with Gasteiger partial charge < -0.3 is 14.7 Å². The average Bonchev–Trinajstić information content (AvgIpc) is 2.41. The average molecular weight is 264 g/mol. The second kappa shape index (κ2) is 6.52. The number of piperidine rings is 1. The molecule has 19 heavy (non-hydrogen) atoms. The molecule has 1 aromatic heterocycles. The number of carboxylic acids is 1. The van der Waals surface area contributed by atoms with Crippen LogP contribution in [0.3, 0.4) is 0 Å². The van der Waals surface area contributed by atoms with Crippen molar-refractivity contribution in [1.82, 2.24) is 9.88 Å². The third kappa shape index (κ3) is 3.92. The number of pyridine rings is 1. The second-order valence-corrected chi connectivity index (χ2v) is 4.98. The van der Waals surface area contributed by atoms with Crippen molar-refractivity contribution in [3.63, 3.8) is 0 Å². The van der Waals surface area contributed by atoms with E-state index in [0.29, 0.717) is 18.4 Å². The molecular weight excluding hydrogens is 244 g/mol. The second-order valence-electron chi connectivity index (χ2n) is 4.98. The Bertz CT molecular complexity index is 436. The predicted octanol–water partition coefficient (Wildman–Crippen LogP) is 2.03. The smallest absolute Gasteiger partial charge is 0.337 e. The monoisotopic (exact) mass is 264 g/mol. The van der Waals surface area contributed by atoms with Crippen LogP contribution < -0.4 is 4.74 Å². The highest BCUT2D eigenvalue weighted by molar-refractivity contribution is 5.87. The van der Waals surface area contributed by atoms with Gasteiger partial charge in [0.2, 0.25) is 0 Å². The molecule has 5 heteroatoms. The van der Waals surface area contributed by atoms with Crippen LogP contribution in [0.15, 0.2) is 18.5 Å². The van der Waals surface area contributed by atoms with E-state index in [9.17, 15) is 4.79 Å². The number of carboxylic acid groups (broad SMARTS) is 1. The number of nitrogens with zero attached hydrogens (tertiary/aromatic N) is 2. The zero-order valence-corrected chi connectivity index (χ0v) is 11.2. The van der Waals surface area contributed by atoms with Gasteiger partial charge in [0, 0.05) is 12.2 Å². The summed E-state index contributed by atoms with van der Waals surface area (Å²) in [5, 5.41) is 8.87. The van der Waals surface area contributed by atoms with Gasteiger partial charge in [0.1, 0.15) is 5.75 Å². The minimum atomic E-state index is -0.982. The quantitative estimate of drug-likeness (QED) is 0.881. The van der Waals surface area contributed by atoms with Crippen molar-refractivity contribution >= 4 is 5.97 Å². The highest BCUT2D eigenvalue weighted by Gasteiger charge is 2.18. The van der Waals surface area contributed by atoms with Crippen LogP contribution in [0.1, 0.15) is 36.0 Å². The molecule has 5 nitrogen and oxygen atoms in total. The van der Waals surface area contributed by atoms with Gasteiger partial charge in [-0.25, -0.2) is 4.79 Å². The third-order valence-electron chi connectivity index (χ3n) is 3.60. The fourth-order valence-electron chi connectivity index (χ4n) is 2.44. The number of rotatable bonds is 5. The molecule has 1 atom stereocenters. The summed E-state index contributed by atoms with van der Waals surface area (Å²) in [5.41, 5.74) is 0.160. The Morgan fingerprint density at radius 2 is 2.37 bits per heavy atom. The summed E-state index contributed by atoms with van der Waals surface area (Å²) in [6.45, 7) is 1.75. The lowest BCUT2D eigenvalue weighted by molar-refractivity contribution is 0.0695. The van der Waals surface area contributed by atoms with E-state index in [0.717, 1.165) is 13.0 Å². The topological polar surface area (TPSA) is 62.7 Å². The van der Waals surface area contributed by atoms with Crippen LogP contribution in [0.4, 0.5) is 0 Å². The molecule has 0 amide bonds. The number of ether oxygens (including phenoxy) is 1. The molecule has 1 N–H and O–H groups in total. The maximum atomic E-state index is 10.8. The van der Waals surface area contributed by atoms with E-state index in [1.807, 2.05) is 0 Å². The van der Waals surface area contributed by atoms with Gasteiger partial charge in [0.05, 0.1) is 18.4 Å². The van der Waals surface area contributed by atoms with Crippen molar-refractivity contribution in [2.75, 3.05) is 20.2 Å². The summed E-state index contributed by atoms with van der Waals surface area (Å²) in [6, 6.07) is 2.09. The zero-order valence-electron chi connectivity index (χ0n) is 11.2. The summed E-state index contributed by atoms with van der Waals surface area (Å²) in [4.78, 5) is 17.1. The lowest BCUT2D eigenvalue weighted by Gasteiger charge is -2.32. The predicted molar refractivity (Wildman–Crippen MR) is 71.6 cm³/mol. The van der Waals surface area contributed by atoms with Crippen LogP contribution in [0.2, 0.25) is 0 Å². The molecular formula is C14H20N2O3. The van der Waals surface area contributed by atoms with Crippen molar-refractivity contribution in [3.8, 4) is 5.75 Å². The van der Waals surface area contributed by atoms with Crippen molar-refractivity contribution in [3.05, 3.63) is 24.0 Å². The molecule has 2 heterocycles. The zero-order chi connectivity index (χ0) is 13.7. The standard InChI is InChI=1S/C14H20N2O3/c1-16-6-3-2-4-12(16)5-7-19-13-8-11(14(17)18)9-15-10-13/h8-10,12H,2-7H2,1H3,(H,17,18). The van der Waals surface area contributed by atoms with Crippen LogP contribution in [0.5, 0.6) is 5.75 Å². The molecule has 0 saturated carbocycles. The van der Waals surface area contributed by atoms with Crippen LogP contribution in [0, 0.1) is 0 Å². The highest BCUT2D eigenvalue weighted by Crippen LogP contribution is 2.18. The van der Waals surface area contributed by atoms with Crippen molar-refractivity contribution in [2.45, 2.75) is 31.7 Å². The van der Waals surface area contributed by atoms with Crippen molar-refractivity contribution in [1.29, 1.82) is 0 Å². The SMILES string of the molecule is CN1CCCCC1CCOc1cncc(C(=O)O)c1. The summed E-state index contributed by atoms with van der Waals surface area (Å²) in [5.74, 6) is -0.455. The van der Waals surface area contributed by atoms with E-state index in [1.54, 1.807) is 6.20 Å². The number of aromatic nitrogens is 1. The third-order valence-corrected chi connectivity index (χ3v) is 3.60. The molecule has 1 aliphatic heterocycles. The molecule has 0 bridgehead atoms. The number of aromatic carboxylic acids is 1. The molecule has 0 spiro atoms. The Morgan fingerprint density at radius 1 is 1.53 bits per heavy atom. The van der Waals surface area contributed by atoms with Crippen LogP contribution in [-0.4, -0.2) is 47.2 Å². The van der Waals surface area contributed by atoms with E-state index in [1.165, 1.54) is 31.5 Å². The minimum Gasteiger partial charge on any atom is -0.492 e. The van der Waals surface area contributed by atoms with Crippen molar-refractivity contribution < 1.29 is 14.6 Å². The first-order valence-corrected chi connectivity index (χ1v) is 6.68. The summed E-state index contributed by atoms with van der Waals surface area (Å²) in [6.07, 6.45) is 7.62. The van der Waals surface area contributed by atoms with Gasteiger partial charge >= 0.3 is 5.97 Å². The summed E-state index contributed by atoms with van der Waals surface area (Å²) in [7, 11) is 2.15. The van der Waals surface area contributed by atoms with Gasteiger partial charge in [0.25, 0.3) is 0 Å². The van der Waals surface area contributed by atoms with E-state index < -0.39 is 5.97 Å². The number of likely N-dealkylation sites (tertiary alicyclic amines) is 1. The van der Waals surface area contributed by atoms with Crippen LogP contribution in [-0.2, 0) is 0 Å².